The molecule has 0 aromatic rings. The van der Waals surface area contributed by atoms with Crippen molar-refractivity contribution < 1.29 is 198 Å². The molecule has 0 saturated carbocycles. The highest BCUT2D eigenvalue weighted by Crippen LogP contribution is 2.40. The molecule has 0 aliphatic carbocycles. The molecule has 2 unspecified atom stereocenters. The van der Waals surface area contributed by atoms with E-state index in [1.807, 2.05) is 0 Å². The summed E-state index contributed by atoms with van der Waals surface area (Å²) in [6, 6.07) is 0. The van der Waals surface area contributed by atoms with E-state index in [0.29, 0.717) is 0 Å². The molecule has 30 aliphatic heterocycles. The SMILES string of the molecule is OC[C@H]1O[C@@H]2O[C@H]3[C@H](O)[C@@H](O)[C@@H](O[C@H]4[C@H](O)[C@@H](O)[C@@H](O[C@H]5[C@H](O)[C@@H](O)[C@@H](O[C@H]6[C@H](O)[C@@H](O)C(O[C@H]7[C@H](O)[C@@H](O)[C@@H](O[C@H]8[C@H](O)[C@@H](O)[C@@H](O[C@H]9[C@H](O)[C@@H](O)[C@@H](OC1[C@H](O)[C@H]2O)O[C@@H]9CO)O[C@@H]8CO)O[C@@H]7CO)O[C@@H]6CO)O[C@@H]5CO)O[C@@H]4CO)O[C@@H]3CO. The fraction of sp³-hybridized carbons (Fsp3) is 1.00. The Kier molecular flexibility index (Phi) is 24.1. The minimum absolute atomic E-state index is 1.08. The van der Waals surface area contributed by atoms with Crippen molar-refractivity contribution in [1.29, 1.82) is 0 Å². The number of hydrogen-bond donors (Lipinski definition) is 24. The molecular formula is C48H80O40. The zero-order valence-electron chi connectivity index (χ0n) is 46.0. The molecule has 30 fully saturated rings. The summed E-state index contributed by atoms with van der Waals surface area (Å²) in [7, 11) is 0. The minimum Gasteiger partial charge on any atom is -0.394 e. The van der Waals surface area contributed by atoms with Crippen molar-refractivity contribution in [3.63, 3.8) is 0 Å². The van der Waals surface area contributed by atoms with Crippen LogP contribution in [0.5, 0.6) is 0 Å². The van der Waals surface area contributed by atoms with Gasteiger partial charge >= 0.3 is 0 Å². The van der Waals surface area contributed by atoms with E-state index in [-0.39, 0.29) is 0 Å². The molecule has 88 heavy (non-hydrogen) atoms. The second-order valence-electron chi connectivity index (χ2n) is 22.5. The van der Waals surface area contributed by atoms with Crippen LogP contribution in [0, 0.1) is 0 Å². The monoisotopic (exact) mass is 1300 g/mol. The summed E-state index contributed by atoms with van der Waals surface area (Å²) in [6.45, 7) is -8.64. The number of hydrogen-bond acceptors (Lipinski definition) is 40. The zero-order valence-corrected chi connectivity index (χ0v) is 46.0. The van der Waals surface area contributed by atoms with Gasteiger partial charge in [0.25, 0.3) is 0 Å². The first-order valence-electron chi connectivity index (χ1n) is 28.1. The Bertz CT molecular complexity index is 1700. The molecule has 0 spiro atoms. The maximum Gasteiger partial charge on any atom is 0.187 e. The Morgan fingerprint density at radius 2 is 0.227 bits per heavy atom. The van der Waals surface area contributed by atoms with Gasteiger partial charge in [-0.2, -0.15) is 0 Å². The fourth-order valence-electron chi connectivity index (χ4n) is 11.9. The van der Waals surface area contributed by atoms with Crippen molar-refractivity contribution >= 4 is 0 Å². The van der Waals surface area contributed by atoms with Crippen molar-refractivity contribution in [3.05, 3.63) is 0 Å². The van der Waals surface area contributed by atoms with Gasteiger partial charge in [0.15, 0.2) is 50.3 Å². The van der Waals surface area contributed by atoms with Crippen LogP contribution in [0.15, 0.2) is 0 Å². The number of rotatable bonds is 8. The first-order chi connectivity index (χ1) is 41.9. The third-order valence-corrected chi connectivity index (χ3v) is 16.9. The average Bonchev–Trinajstić information content (AvgIpc) is 1.09. The van der Waals surface area contributed by atoms with Gasteiger partial charge in [0.2, 0.25) is 0 Å². The molecule has 30 aliphatic rings. The van der Waals surface area contributed by atoms with Gasteiger partial charge in [-0.05, 0) is 0 Å². The van der Waals surface area contributed by atoms with Gasteiger partial charge in [-0.3, -0.25) is 0 Å². The van der Waals surface area contributed by atoms with Gasteiger partial charge in [0.1, 0.15) is 195 Å². The van der Waals surface area contributed by atoms with Gasteiger partial charge in [0, 0.05) is 0 Å². The lowest BCUT2D eigenvalue weighted by Gasteiger charge is -2.50. The second kappa shape index (κ2) is 30.0. The van der Waals surface area contributed by atoms with Crippen LogP contribution in [-0.4, -0.2) is 421 Å². The summed E-state index contributed by atoms with van der Waals surface area (Å²) in [6.07, 6.45) is -82.0. The molecule has 0 radical (unpaired) electrons. The fourth-order valence-corrected chi connectivity index (χ4v) is 11.9. The third-order valence-electron chi connectivity index (χ3n) is 16.9. The molecule has 512 valence electrons. The molecule has 40 nitrogen and oxygen atoms in total. The summed E-state index contributed by atoms with van der Waals surface area (Å²) in [5.74, 6) is 0. The molecule has 30 saturated heterocycles. The van der Waals surface area contributed by atoms with Crippen molar-refractivity contribution in [1.82, 2.24) is 0 Å². The third kappa shape index (κ3) is 13.8. The van der Waals surface area contributed by atoms with Crippen molar-refractivity contribution in [2.75, 3.05) is 52.9 Å². The van der Waals surface area contributed by atoms with Crippen LogP contribution >= 0.6 is 0 Å². The normalized spacial score (nSPS) is 55.4. The Balaban J connectivity index is 0.975. The van der Waals surface area contributed by atoms with Gasteiger partial charge in [-0.1, -0.05) is 0 Å². The largest absolute Gasteiger partial charge is 0.394 e. The minimum atomic E-state index is -2.25. The van der Waals surface area contributed by atoms with Crippen LogP contribution in [0.2, 0.25) is 0 Å². The molecule has 0 aromatic carbocycles. The first-order valence-corrected chi connectivity index (χ1v) is 28.1. The van der Waals surface area contributed by atoms with E-state index in [2.05, 4.69) is 0 Å². The molecule has 40 atom stereocenters. The second-order valence-corrected chi connectivity index (χ2v) is 22.5. The summed E-state index contributed by atoms with van der Waals surface area (Å²) in [5, 5.41) is 265. The molecule has 40 heteroatoms. The van der Waals surface area contributed by atoms with Crippen LogP contribution < -0.4 is 0 Å². The Labute approximate surface area is 496 Å². The maximum atomic E-state index is 11.4. The molecule has 0 amide bonds. The Morgan fingerprint density at radius 1 is 0.136 bits per heavy atom. The van der Waals surface area contributed by atoms with Crippen LogP contribution in [0.1, 0.15) is 0 Å². The van der Waals surface area contributed by atoms with E-state index in [4.69, 9.17) is 75.8 Å². The number of aliphatic hydroxyl groups excluding tert-OH is 24. The summed E-state index contributed by atoms with van der Waals surface area (Å²) in [5.41, 5.74) is 0. The topological polar surface area (TPSA) is 633 Å². The van der Waals surface area contributed by atoms with E-state index >= 15 is 0 Å². The smallest absolute Gasteiger partial charge is 0.187 e. The van der Waals surface area contributed by atoms with Gasteiger partial charge in [-0.25, -0.2) is 0 Å². The van der Waals surface area contributed by atoms with E-state index in [0.717, 1.165) is 0 Å². The van der Waals surface area contributed by atoms with E-state index in [1.165, 1.54) is 0 Å². The summed E-state index contributed by atoms with van der Waals surface area (Å²) >= 11 is 0. The molecule has 0 aromatic heterocycles. The Morgan fingerprint density at radius 3 is 0.307 bits per heavy atom. The van der Waals surface area contributed by atoms with Crippen molar-refractivity contribution in [2.45, 2.75) is 246 Å². The predicted molar refractivity (Wildman–Crippen MR) is 261 cm³/mol. The number of aliphatic hydroxyl groups is 24. The Hall–Kier alpha value is -1.60. The van der Waals surface area contributed by atoms with E-state index in [9.17, 15) is 123 Å². The van der Waals surface area contributed by atoms with Crippen molar-refractivity contribution in [3.8, 4) is 0 Å². The first kappa shape index (κ1) is 70.7. The molecule has 30 rings (SSSR count). The lowest BCUT2D eigenvalue weighted by atomic mass is 9.94. The highest BCUT2D eigenvalue weighted by Gasteiger charge is 2.60. The van der Waals surface area contributed by atoms with Crippen LogP contribution in [0.25, 0.3) is 0 Å². The van der Waals surface area contributed by atoms with Gasteiger partial charge < -0.3 is 198 Å². The van der Waals surface area contributed by atoms with Crippen LogP contribution in [0.4, 0.5) is 0 Å². The van der Waals surface area contributed by atoms with E-state index < -0.39 is 299 Å². The number of ether oxygens (including phenoxy) is 16. The van der Waals surface area contributed by atoms with E-state index in [1.54, 1.807) is 0 Å². The molecule has 30 heterocycles. The lowest BCUT2D eigenvalue weighted by molar-refractivity contribution is -0.404. The van der Waals surface area contributed by atoms with Crippen LogP contribution in [0.3, 0.4) is 0 Å². The predicted octanol–water partition coefficient (Wildman–Crippen LogP) is -17.4. The molecule has 16 bridgehead atoms. The molecule has 24 N–H and O–H groups in total. The summed E-state index contributed by atoms with van der Waals surface area (Å²) in [4.78, 5) is 0. The average molecular weight is 1300 g/mol. The zero-order chi connectivity index (χ0) is 64.1. The quantitative estimate of drug-likeness (QED) is 0.107. The highest BCUT2D eigenvalue weighted by atomic mass is 16.8. The molecular weight excluding hydrogens is 1220 g/mol. The lowest BCUT2D eigenvalue weighted by Crippen LogP contribution is -2.69. The standard InChI is InChI=1S/C48H80O40/c49-1-9-33-17(57)25(65)41(73-9)82-34-10(2-50)75-43(27(67)19(34)59)84-36-12(4-52)77-45(29(69)21(36)61)86-38-14(6-54)79-47(31(71)23(38)63)88-40-16(8-56)80-48(32(72)24(40)64)87-39-15(7-55)78-46(30(70)22(39)62)85-37-13(5-53)76-44(28(68)20(37)60)83-35-11(3-51)74-42(81-33)26(66)18(35)58/h9-72H,1-8H2/t9-,10-,11-,12-,13-,14-,15-,16-,17-,18-,19-,20-,21-,22-,23-,24-,25-,26-,27-,28-,29-,30-,31-,32-,33-,34-,35-,36-,37-,38-,39-,40?,41?,42-,43-,44-,45-,46-,47-,48-/m1/s1. The summed E-state index contributed by atoms with van der Waals surface area (Å²) < 4.78 is 91.1. The van der Waals surface area contributed by atoms with Crippen molar-refractivity contribution in [2.24, 2.45) is 0 Å². The van der Waals surface area contributed by atoms with Gasteiger partial charge in [-0.15, -0.1) is 0 Å². The van der Waals surface area contributed by atoms with Gasteiger partial charge in [0.05, 0.1) is 52.9 Å². The maximum absolute atomic E-state index is 11.4. The highest BCUT2D eigenvalue weighted by molar-refractivity contribution is 5.02. The van der Waals surface area contributed by atoms with Crippen LogP contribution in [-0.2, 0) is 75.8 Å².